The molecular formula is C21H31N3O4S. The van der Waals surface area contributed by atoms with Crippen molar-refractivity contribution in [3.8, 4) is 0 Å². The molecule has 3 heterocycles. The topological polar surface area (TPSA) is 90.0 Å². The van der Waals surface area contributed by atoms with Gasteiger partial charge in [-0.2, -0.15) is 11.3 Å². The Balaban J connectivity index is 0.000000941. The number of likely N-dealkylation sites (N-methyl/N-ethyl adjacent to an activating group) is 1. The molecule has 1 fully saturated rings. The maximum atomic E-state index is 12.8. The molecule has 3 rings (SSSR count). The maximum absolute atomic E-state index is 12.8. The van der Waals surface area contributed by atoms with Gasteiger partial charge in [0, 0.05) is 38.6 Å². The summed E-state index contributed by atoms with van der Waals surface area (Å²) in [6.07, 6.45) is 8.22. The van der Waals surface area contributed by atoms with Crippen molar-refractivity contribution in [2.24, 2.45) is 5.92 Å². The summed E-state index contributed by atoms with van der Waals surface area (Å²) in [5.74, 6) is 0.422. The molecule has 0 unspecified atom stereocenters. The van der Waals surface area contributed by atoms with E-state index < -0.39 is 0 Å². The molecule has 0 spiro atoms. The third-order valence-corrected chi connectivity index (χ3v) is 5.96. The molecule has 160 valence electrons. The minimum atomic E-state index is -0.250. The van der Waals surface area contributed by atoms with Gasteiger partial charge in [-0.3, -0.25) is 14.4 Å². The van der Waals surface area contributed by atoms with Crippen LogP contribution < -0.4 is 5.32 Å². The van der Waals surface area contributed by atoms with Crippen molar-refractivity contribution in [3.63, 3.8) is 0 Å². The highest BCUT2D eigenvalue weighted by atomic mass is 32.1. The Labute approximate surface area is 176 Å². The van der Waals surface area contributed by atoms with Gasteiger partial charge in [-0.05, 0) is 55.1 Å². The van der Waals surface area contributed by atoms with Crippen LogP contribution in [0.4, 0.5) is 0 Å². The third-order valence-electron chi connectivity index (χ3n) is 5.23. The van der Waals surface area contributed by atoms with Crippen LogP contribution in [0, 0.1) is 5.92 Å². The predicted molar refractivity (Wildman–Crippen MR) is 114 cm³/mol. The van der Waals surface area contributed by atoms with Gasteiger partial charge in [0.25, 0.3) is 6.47 Å². The first-order valence-corrected chi connectivity index (χ1v) is 11.0. The highest BCUT2D eigenvalue weighted by Crippen LogP contribution is 2.20. The highest BCUT2D eigenvalue weighted by Gasteiger charge is 2.30. The first kappa shape index (κ1) is 23.1. The van der Waals surface area contributed by atoms with Crippen LogP contribution in [-0.4, -0.2) is 72.5 Å². The molecule has 1 aromatic heterocycles. The van der Waals surface area contributed by atoms with Gasteiger partial charge in [0.1, 0.15) is 0 Å². The Hall–Kier alpha value is -2.19. The number of carbonyl (C=O) groups excluding carboxylic acids is 2. The van der Waals surface area contributed by atoms with Gasteiger partial charge in [0.15, 0.2) is 0 Å². The number of aryl methyl sites for hydroxylation is 1. The number of carbonyl (C=O) groups is 3. The minimum absolute atomic E-state index is 0.0409. The van der Waals surface area contributed by atoms with Crippen LogP contribution in [0.3, 0.4) is 0 Å². The van der Waals surface area contributed by atoms with E-state index >= 15 is 0 Å². The van der Waals surface area contributed by atoms with Gasteiger partial charge < -0.3 is 20.2 Å². The van der Waals surface area contributed by atoms with Crippen molar-refractivity contribution in [2.75, 3.05) is 33.2 Å². The van der Waals surface area contributed by atoms with E-state index in [1.807, 2.05) is 17.3 Å². The Bertz CT molecular complexity index is 677. The lowest BCUT2D eigenvalue weighted by molar-refractivity contribution is -0.135. The molecule has 29 heavy (non-hydrogen) atoms. The summed E-state index contributed by atoms with van der Waals surface area (Å²) in [6, 6.07) is 2.21. The number of carboxylic acid groups (broad SMARTS) is 1. The third kappa shape index (κ3) is 7.98. The normalized spacial score (nSPS) is 22.2. The molecule has 0 aliphatic carbocycles. The zero-order chi connectivity index (χ0) is 21.1. The first-order chi connectivity index (χ1) is 14.0. The SMILES string of the molecule is CN1C[C@@H](NC(=O)CCc2ccsc2)CC[C@@H](C(=O)N2CC=CCC2)C1.O=CO. The average Bonchev–Trinajstić information content (AvgIpc) is 3.17. The average molecular weight is 422 g/mol. The van der Waals surface area contributed by atoms with E-state index in [0.29, 0.717) is 6.42 Å². The number of thiophene rings is 1. The van der Waals surface area contributed by atoms with E-state index in [9.17, 15) is 9.59 Å². The van der Waals surface area contributed by atoms with Gasteiger partial charge in [-0.25, -0.2) is 0 Å². The Morgan fingerprint density at radius 1 is 1.31 bits per heavy atom. The van der Waals surface area contributed by atoms with E-state index in [1.165, 1.54) is 5.56 Å². The van der Waals surface area contributed by atoms with Gasteiger partial charge >= 0.3 is 0 Å². The van der Waals surface area contributed by atoms with Crippen molar-refractivity contribution in [2.45, 2.75) is 38.1 Å². The number of hydrogen-bond donors (Lipinski definition) is 2. The number of hydrogen-bond acceptors (Lipinski definition) is 5. The number of rotatable bonds is 5. The molecule has 7 nitrogen and oxygen atoms in total. The Morgan fingerprint density at radius 3 is 2.76 bits per heavy atom. The van der Waals surface area contributed by atoms with Crippen LogP contribution in [-0.2, 0) is 20.8 Å². The van der Waals surface area contributed by atoms with Gasteiger partial charge in [-0.1, -0.05) is 12.2 Å². The van der Waals surface area contributed by atoms with Crippen molar-refractivity contribution in [3.05, 3.63) is 34.5 Å². The molecule has 1 saturated heterocycles. The summed E-state index contributed by atoms with van der Waals surface area (Å²) in [6.45, 7) is 2.91. The molecule has 0 bridgehead atoms. The largest absolute Gasteiger partial charge is 0.483 e. The lowest BCUT2D eigenvalue weighted by atomic mass is 9.99. The second-order valence-electron chi connectivity index (χ2n) is 7.54. The molecule has 8 heteroatoms. The standard InChI is InChI=1S/C20H29N3O2S.CH2O2/c1-22-13-17(20(25)23-10-3-2-4-11-23)6-7-18(14-22)21-19(24)8-5-16-9-12-26-15-16;2-1-3/h2-3,9,12,15,17-18H,4-8,10-11,13-14H2,1H3,(H,21,24);1H,(H,2,3)/t17-,18+;/m1./s1. The summed E-state index contributed by atoms with van der Waals surface area (Å²) in [5, 5.41) is 14.2. The summed E-state index contributed by atoms with van der Waals surface area (Å²) >= 11 is 1.67. The molecule has 2 aliphatic rings. The molecule has 2 aliphatic heterocycles. The van der Waals surface area contributed by atoms with Crippen molar-refractivity contribution >= 4 is 29.6 Å². The fourth-order valence-corrected chi connectivity index (χ4v) is 4.53. The summed E-state index contributed by atoms with van der Waals surface area (Å²) in [7, 11) is 2.05. The lowest BCUT2D eigenvalue weighted by Gasteiger charge is -2.28. The fourth-order valence-electron chi connectivity index (χ4n) is 3.82. The molecule has 1 aromatic rings. The highest BCUT2D eigenvalue weighted by molar-refractivity contribution is 7.07. The van der Waals surface area contributed by atoms with Crippen molar-refractivity contribution in [1.82, 2.24) is 15.1 Å². The quantitative estimate of drug-likeness (QED) is 0.561. The molecular weight excluding hydrogens is 390 g/mol. The number of likely N-dealkylation sites (tertiary alicyclic amines) is 1. The molecule has 0 aromatic carbocycles. The Morgan fingerprint density at radius 2 is 2.10 bits per heavy atom. The van der Waals surface area contributed by atoms with Gasteiger partial charge in [-0.15, -0.1) is 0 Å². The molecule has 2 N–H and O–H groups in total. The van der Waals surface area contributed by atoms with E-state index in [4.69, 9.17) is 9.90 Å². The molecule has 0 saturated carbocycles. The zero-order valence-corrected chi connectivity index (χ0v) is 17.8. The minimum Gasteiger partial charge on any atom is -0.483 e. The van der Waals surface area contributed by atoms with Crippen molar-refractivity contribution in [1.29, 1.82) is 0 Å². The van der Waals surface area contributed by atoms with Crippen LogP contribution in [0.15, 0.2) is 29.0 Å². The number of nitrogens with zero attached hydrogens (tertiary/aromatic N) is 2. The lowest BCUT2D eigenvalue weighted by Crippen LogP contribution is -2.43. The summed E-state index contributed by atoms with van der Waals surface area (Å²) in [5.41, 5.74) is 1.23. The monoisotopic (exact) mass is 421 g/mol. The summed E-state index contributed by atoms with van der Waals surface area (Å²) < 4.78 is 0. The van der Waals surface area contributed by atoms with Crippen LogP contribution >= 0.6 is 11.3 Å². The van der Waals surface area contributed by atoms with Gasteiger partial charge in [0.05, 0.1) is 5.92 Å². The number of nitrogens with one attached hydrogen (secondary N) is 1. The number of amides is 2. The van der Waals surface area contributed by atoms with E-state index in [0.717, 1.165) is 51.9 Å². The van der Waals surface area contributed by atoms with E-state index in [-0.39, 0.29) is 30.2 Å². The Kier molecular flexibility index (Phi) is 9.87. The molecule has 2 atom stereocenters. The second-order valence-corrected chi connectivity index (χ2v) is 8.32. The zero-order valence-electron chi connectivity index (χ0n) is 17.0. The van der Waals surface area contributed by atoms with Crippen LogP contribution in [0.1, 0.15) is 31.2 Å². The smallest absolute Gasteiger partial charge is 0.290 e. The maximum Gasteiger partial charge on any atom is 0.290 e. The van der Waals surface area contributed by atoms with Crippen molar-refractivity contribution < 1.29 is 19.5 Å². The van der Waals surface area contributed by atoms with Crippen LogP contribution in [0.5, 0.6) is 0 Å². The summed E-state index contributed by atoms with van der Waals surface area (Å²) in [4.78, 5) is 37.6. The van der Waals surface area contributed by atoms with E-state index in [2.05, 4.69) is 33.8 Å². The van der Waals surface area contributed by atoms with Crippen LogP contribution in [0.25, 0.3) is 0 Å². The van der Waals surface area contributed by atoms with E-state index in [1.54, 1.807) is 11.3 Å². The predicted octanol–water partition coefficient (Wildman–Crippen LogP) is 2.00. The second kappa shape index (κ2) is 12.4. The first-order valence-electron chi connectivity index (χ1n) is 10.0. The van der Waals surface area contributed by atoms with Gasteiger partial charge in [0.2, 0.25) is 11.8 Å². The van der Waals surface area contributed by atoms with Crippen LogP contribution in [0.2, 0.25) is 0 Å². The fraction of sp³-hybridized carbons (Fsp3) is 0.571. The molecule has 0 radical (unpaired) electrons. The molecule has 2 amide bonds.